The molecule has 0 aliphatic carbocycles. The Labute approximate surface area is 148 Å². The van der Waals surface area contributed by atoms with Gasteiger partial charge < -0.3 is 4.74 Å². The zero-order chi connectivity index (χ0) is 17.9. The normalized spacial score (nSPS) is 25.2. The second-order valence-corrected chi connectivity index (χ2v) is 8.87. The van der Waals surface area contributed by atoms with Crippen molar-refractivity contribution < 1.29 is 22.3 Å². The lowest BCUT2D eigenvalue weighted by atomic mass is 10.0. The van der Waals surface area contributed by atoms with Crippen LogP contribution in [0.1, 0.15) is 42.5 Å². The maximum absolute atomic E-state index is 13.0. The van der Waals surface area contributed by atoms with E-state index in [1.807, 2.05) is 0 Å². The van der Waals surface area contributed by atoms with E-state index in [9.17, 15) is 17.6 Å². The van der Waals surface area contributed by atoms with Gasteiger partial charge in [0.05, 0.1) is 12.4 Å². The molecule has 2 atom stereocenters. The van der Waals surface area contributed by atoms with E-state index in [4.69, 9.17) is 4.74 Å². The van der Waals surface area contributed by atoms with Gasteiger partial charge in [-0.05, 0) is 55.9 Å². The van der Waals surface area contributed by atoms with E-state index >= 15 is 0 Å². The second-order valence-electron chi connectivity index (χ2n) is 6.90. The first kappa shape index (κ1) is 18.5. The third-order valence-electron chi connectivity index (χ3n) is 4.97. The van der Waals surface area contributed by atoms with Crippen LogP contribution in [0.5, 0.6) is 0 Å². The van der Waals surface area contributed by atoms with E-state index in [1.54, 1.807) is 0 Å². The Hall–Kier alpha value is -1.31. The molecule has 1 aromatic carbocycles. The highest BCUT2D eigenvalue weighted by molar-refractivity contribution is 7.89. The molecule has 0 spiro atoms. The van der Waals surface area contributed by atoms with Gasteiger partial charge in [0.25, 0.3) is 0 Å². The average molecular weight is 369 g/mol. The number of hydrogen-bond acceptors (Lipinski definition) is 4. The minimum Gasteiger partial charge on any atom is -0.381 e. The lowest BCUT2D eigenvalue weighted by Gasteiger charge is -2.28. The topological polar surface area (TPSA) is 63.7 Å². The lowest BCUT2D eigenvalue weighted by Crippen LogP contribution is -2.41. The maximum atomic E-state index is 13.0. The fraction of sp³-hybridized carbons (Fsp3) is 0.611. The first-order valence-electron chi connectivity index (χ1n) is 8.82. The molecule has 2 saturated heterocycles. The van der Waals surface area contributed by atoms with Gasteiger partial charge >= 0.3 is 0 Å². The number of sulfonamides is 1. The number of rotatable bonds is 6. The van der Waals surface area contributed by atoms with Crippen molar-refractivity contribution in [2.75, 3.05) is 25.5 Å². The molecule has 0 N–H and O–H groups in total. The zero-order valence-corrected chi connectivity index (χ0v) is 15.0. The minimum absolute atomic E-state index is 0.0350. The Bertz CT molecular complexity index is 698. The Morgan fingerprint density at radius 3 is 2.64 bits per heavy atom. The molecule has 0 aromatic heterocycles. The summed E-state index contributed by atoms with van der Waals surface area (Å²) in [6.45, 7) is 1.67. The fourth-order valence-electron chi connectivity index (χ4n) is 3.68. The molecular weight excluding hydrogens is 345 g/mol. The van der Waals surface area contributed by atoms with E-state index in [-0.39, 0.29) is 29.9 Å². The average Bonchev–Trinajstić information content (AvgIpc) is 3.05. The Kier molecular flexibility index (Phi) is 5.86. The smallest absolute Gasteiger partial charge is 0.214 e. The van der Waals surface area contributed by atoms with E-state index in [1.165, 1.54) is 28.6 Å². The summed E-state index contributed by atoms with van der Waals surface area (Å²) in [5, 5.41) is 0. The predicted octanol–water partition coefficient (Wildman–Crippen LogP) is 2.62. The van der Waals surface area contributed by atoms with Gasteiger partial charge in [0.1, 0.15) is 5.82 Å². The summed E-state index contributed by atoms with van der Waals surface area (Å²) < 4.78 is 45.4. The van der Waals surface area contributed by atoms with Gasteiger partial charge in [0.15, 0.2) is 5.78 Å². The third-order valence-corrected chi connectivity index (χ3v) is 7.06. The summed E-state index contributed by atoms with van der Waals surface area (Å²) in [6.07, 6.45) is 3.36. The molecule has 2 aliphatic heterocycles. The standard InChI is InChI=1S/C18H24FNO4S/c19-16-7-5-15(6-8-16)18(21)11-17-4-1-9-20(17)25(22,23)13-14-3-2-10-24-12-14/h5-8,14,17H,1-4,9-13H2/t14-,17+/m1/s1. The van der Waals surface area contributed by atoms with Gasteiger partial charge in [-0.1, -0.05) is 0 Å². The summed E-state index contributed by atoms with van der Waals surface area (Å²) in [4.78, 5) is 12.4. The quantitative estimate of drug-likeness (QED) is 0.723. The monoisotopic (exact) mass is 369 g/mol. The van der Waals surface area contributed by atoms with Gasteiger partial charge in [-0.15, -0.1) is 0 Å². The van der Waals surface area contributed by atoms with Gasteiger partial charge in [0.2, 0.25) is 10.0 Å². The third kappa shape index (κ3) is 4.65. The van der Waals surface area contributed by atoms with E-state index in [0.29, 0.717) is 31.7 Å². The van der Waals surface area contributed by atoms with Crippen molar-refractivity contribution in [3.63, 3.8) is 0 Å². The van der Waals surface area contributed by atoms with Crippen molar-refractivity contribution in [3.8, 4) is 0 Å². The van der Waals surface area contributed by atoms with E-state index in [2.05, 4.69) is 0 Å². The summed E-state index contributed by atoms with van der Waals surface area (Å²) >= 11 is 0. The fourth-order valence-corrected chi connectivity index (χ4v) is 5.77. The number of benzene rings is 1. The molecule has 25 heavy (non-hydrogen) atoms. The van der Waals surface area contributed by atoms with Crippen molar-refractivity contribution >= 4 is 15.8 Å². The molecule has 1 aromatic rings. The van der Waals surface area contributed by atoms with Crippen LogP contribution in [-0.4, -0.2) is 50.1 Å². The van der Waals surface area contributed by atoms with Crippen LogP contribution in [-0.2, 0) is 14.8 Å². The van der Waals surface area contributed by atoms with Crippen molar-refractivity contribution in [1.29, 1.82) is 0 Å². The molecule has 2 aliphatic rings. The number of Topliss-reactive ketones (excluding diaryl/α,β-unsaturated/α-hetero) is 1. The van der Waals surface area contributed by atoms with Gasteiger partial charge in [-0.3, -0.25) is 4.79 Å². The Morgan fingerprint density at radius 1 is 1.20 bits per heavy atom. The van der Waals surface area contributed by atoms with E-state index in [0.717, 1.165) is 19.3 Å². The second kappa shape index (κ2) is 7.93. The predicted molar refractivity (Wildman–Crippen MR) is 92.4 cm³/mol. The molecule has 2 heterocycles. The van der Waals surface area contributed by atoms with Crippen LogP contribution < -0.4 is 0 Å². The highest BCUT2D eigenvalue weighted by Gasteiger charge is 2.37. The largest absolute Gasteiger partial charge is 0.381 e. The SMILES string of the molecule is O=C(C[C@@H]1CCCN1S(=O)(=O)C[C@@H]1CCCOC1)c1ccc(F)cc1. The number of nitrogens with zero attached hydrogens (tertiary/aromatic N) is 1. The highest BCUT2D eigenvalue weighted by atomic mass is 32.2. The summed E-state index contributed by atoms with van der Waals surface area (Å²) in [5.74, 6) is -0.411. The van der Waals surface area contributed by atoms with Crippen molar-refractivity contribution in [2.24, 2.45) is 5.92 Å². The van der Waals surface area contributed by atoms with Gasteiger partial charge in [0, 0.05) is 31.2 Å². The van der Waals surface area contributed by atoms with Gasteiger partial charge in [-0.2, -0.15) is 4.31 Å². The van der Waals surface area contributed by atoms with Crippen molar-refractivity contribution in [1.82, 2.24) is 4.31 Å². The Morgan fingerprint density at radius 2 is 1.96 bits per heavy atom. The summed E-state index contributed by atoms with van der Waals surface area (Å²) in [7, 11) is -3.40. The maximum Gasteiger partial charge on any atom is 0.214 e. The molecule has 0 bridgehead atoms. The van der Waals surface area contributed by atoms with Crippen LogP contribution in [0, 0.1) is 11.7 Å². The Balaban J connectivity index is 1.64. The molecule has 7 heteroatoms. The number of halogens is 1. The molecule has 0 radical (unpaired) electrons. The molecule has 0 unspecified atom stereocenters. The highest BCUT2D eigenvalue weighted by Crippen LogP contribution is 2.27. The van der Waals surface area contributed by atoms with Crippen LogP contribution in [0.4, 0.5) is 4.39 Å². The molecule has 5 nitrogen and oxygen atoms in total. The summed E-state index contributed by atoms with van der Waals surface area (Å²) in [6, 6.07) is 5.10. The molecule has 0 amide bonds. The molecule has 2 fully saturated rings. The number of carbonyl (C=O) groups excluding carboxylic acids is 1. The first-order chi connectivity index (χ1) is 12.0. The van der Waals surface area contributed by atoms with Crippen molar-refractivity contribution in [3.05, 3.63) is 35.6 Å². The summed E-state index contributed by atoms with van der Waals surface area (Å²) in [5.41, 5.74) is 0.423. The number of carbonyl (C=O) groups is 1. The lowest BCUT2D eigenvalue weighted by molar-refractivity contribution is 0.0621. The van der Waals surface area contributed by atoms with Crippen LogP contribution in [0.25, 0.3) is 0 Å². The minimum atomic E-state index is -3.40. The molecule has 0 saturated carbocycles. The van der Waals surface area contributed by atoms with Gasteiger partial charge in [-0.25, -0.2) is 12.8 Å². The number of ether oxygens (including phenoxy) is 1. The van der Waals surface area contributed by atoms with Crippen LogP contribution in [0.15, 0.2) is 24.3 Å². The van der Waals surface area contributed by atoms with E-state index < -0.39 is 15.8 Å². The molecular formula is C18H24FNO4S. The molecule has 3 rings (SSSR count). The van der Waals surface area contributed by atoms with Crippen molar-refractivity contribution in [2.45, 2.75) is 38.1 Å². The number of hydrogen-bond donors (Lipinski definition) is 0. The van der Waals surface area contributed by atoms with Crippen LogP contribution >= 0.6 is 0 Å². The van der Waals surface area contributed by atoms with Crippen LogP contribution in [0.2, 0.25) is 0 Å². The first-order valence-corrected chi connectivity index (χ1v) is 10.4. The zero-order valence-electron chi connectivity index (χ0n) is 14.2. The number of ketones is 1. The van der Waals surface area contributed by atoms with Crippen LogP contribution in [0.3, 0.4) is 0 Å². The molecule has 138 valence electrons.